The highest BCUT2D eigenvalue weighted by Crippen LogP contribution is 2.23. The summed E-state index contributed by atoms with van der Waals surface area (Å²) in [6, 6.07) is 10.1. The number of hydrogen-bond acceptors (Lipinski definition) is 7. The fraction of sp³-hybridized carbons (Fsp3) is 0.476. The number of nitrogens with zero attached hydrogens (tertiary/aromatic N) is 3. The number of rotatable bonds is 7. The monoisotopic (exact) mass is 397 g/mol. The number of aliphatic hydroxyl groups is 2. The molecule has 0 unspecified atom stereocenters. The summed E-state index contributed by atoms with van der Waals surface area (Å²) < 4.78 is 0. The molecule has 2 aliphatic rings. The van der Waals surface area contributed by atoms with Gasteiger partial charge in [-0.15, -0.1) is 0 Å². The second-order valence-corrected chi connectivity index (χ2v) is 7.87. The maximum atomic E-state index is 12.4. The Labute approximate surface area is 170 Å². The molecule has 1 aliphatic carbocycles. The summed E-state index contributed by atoms with van der Waals surface area (Å²) >= 11 is 0. The van der Waals surface area contributed by atoms with Gasteiger partial charge >= 0.3 is 0 Å². The minimum atomic E-state index is -0.653. The number of fused-ring (bicyclic) bond motifs is 1. The maximum absolute atomic E-state index is 12.4. The van der Waals surface area contributed by atoms with Gasteiger partial charge in [-0.1, -0.05) is 24.3 Å². The Morgan fingerprint density at radius 2 is 2.03 bits per heavy atom. The van der Waals surface area contributed by atoms with Gasteiger partial charge in [0, 0.05) is 38.3 Å². The van der Waals surface area contributed by atoms with E-state index in [1.807, 2.05) is 6.07 Å². The van der Waals surface area contributed by atoms with Gasteiger partial charge < -0.3 is 20.8 Å². The molecular weight excluding hydrogens is 370 g/mol. The van der Waals surface area contributed by atoms with E-state index in [1.54, 1.807) is 6.07 Å². The molecule has 4 N–H and O–H groups in total. The average Bonchev–Trinajstić information content (AvgIpc) is 2.71. The van der Waals surface area contributed by atoms with E-state index < -0.39 is 6.10 Å². The molecule has 1 atom stereocenters. The van der Waals surface area contributed by atoms with Crippen LogP contribution in [0.25, 0.3) is 0 Å². The Morgan fingerprint density at radius 3 is 2.83 bits per heavy atom. The number of aromatic nitrogens is 2. The fourth-order valence-corrected chi connectivity index (χ4v) is 3.85. The highest BCUT2D eigenvalue weighted by atomic mass is 16.3. The summed E-state index contributed by atoms with van der Waals surface area (Å²) in [6.45, 7) is 2.39. The van der Waals surface area contributed by atoms with Gasteiger partial charge in [-0.05, 0) is 30.4 Å². The number of carbonyl (C=O) groups is 1. The first-order valence-corrected chi connectivity index (χ1v) is 10.1. The maximum Gasteiger partial charge on any atom is 0.270 e. The largest absolute Gasteiger partial charge is 0.393 e. The lowest BCUT2D eigenvalue weighted by molar-refractivity contribution is 0.0829. The van der Waals surface area contributed by atoms with Crippen molar-refractivity contribution in [2.45, 2.75) is 44.1 Å². The van der Waals surface area contributed by atoms with Crippen molar-refractivity contribution in [3.63, 3.8) is 0 Å². The van der Waals surface area contributed by atoms with Crippen LogP contribution in [0.5, 0.6) is 0 Å². The Morgan fingerprint density at radius 1 is 1.24 bits per heavy atom. The first-order chi connectivity index (χ1) is 14.1. The number of anilines is 1. The standard InChI is InChI=1S/C21H27N5O3/c27-17-7-16(8-17)25-20-9-19(23-13-24-20)21(29)22-10-18(28)12-26-6-5-14-3-1-2-4-15(14)11-26/h1-4,9,13,16-18,27-28H,5-8,10-12H2,(H,22,29)(H,23,24,25)/t16-,17-,18-/m0/s1. The summed E-state index contributed by atoms with van der Waals surface area (Å²) in [6.07, 6.45) is 2.77. The summed E-state index contributed by atoms with van der Waals surface area (Å²) in [7, 11) is 0. The lowest BCUT2D eigenvalue weighted by Gasteiger charge is -2.32. The lowest BCUT2D eigenvalue weighted by atomic mass is 9.89. The summed E-state index contributed by atoms with van der Waals surface area (Å²) in [4.78, 5) is 22.7. The van der Waals surface area contributed by atoms with Crippen molar-refractivity contribution in [1.29, 1.82) is 0 Å². The average molecular weight is 397 g/mol. The van der Waals surface area contributed by atoms with Crippen LogP contribution >= 0.6 is 0 Å². The van der Waals surface area contributed by atoms with Gasteiger partial charge in [-0.2, -0.15) is 0 Å². The number of carbonyl (C=O) groups excluding carboxylic acids is 1. The Hall–Kier alpha value is -2.55. The van der Waals surface area contributed by atoms with Crippen LogP contribution in [0.4, 0.5) is 5.82 Å². The molecule has 0 spiro atoms. The SMILES string of the molecule is O=C(NC[C@H](O)CN1CCc2ccccc2C1)c1cc(N[C@H]2C[C@H](O)C2)ncn1. The first-order valence-electron chi connectivity index (χ1n) is 10.1. The predicted molar refractivity (Wildman–Crippen MR) is 108 cm³/mol. The molecule has 1 saturated carbocycles. The van der Waals surface area contributed by atoms with Crippen molar-refractivity contribution < 1.29 is 15.0 Å². The third-order valence-corrected chi connectivity index (χ3v) is 5.54. The summed E-state index contributed by atoms with van der Waals surface area (Å²) in [5, 5.41) is 25.7. The van der Waals surface area contributed by atoms with Crippen molar-refractivity contribution in [3.8, 4) is 0 Å². The zero-order valence-electron chi connectivity index (χ0n) is 16.3. The molecule has 0 radical (unpaired) electrons. The third-order valence-electron chi connectivity index (χ3n) is 5.54. The lowest BCUT2D eigenvalue weighted by Crippen LogP contribution is -2.42. The quantitative estimate of drug-likeness (QED) is 0.540. The normalized spacial score (nSPS) is 22.3. The van der Waals surface area contributed by atoms with E-state index in [2.05, 4.69) is 43.7 Å². The van der Waals surface area contributed by atoms with Crippen molar-refractivity contribution in [2.24, 2.45) is 0 Å². The number of aliphatic hydroxyl groups excluding tert-OH is 2. The van der Waals surface area contributed by atoms with E-state index in [-0.39, 0.29) is 30.3 Å². The molecule has 1 fully saturated rings. The van der Waals surface area contributed by atoms with E-state index in [1.165, 1.54) is 17.5 Å². The van der Waals surface area contributed by atoms with Crippen molar-refractivity contribution in [2.75, 3.05) is 25.0 Å². The molecule has 29 heavy (non-hydrogen) atoms. The van der Waals surface area contributed by atoms with E-state index >= 15 is 0 Å². The zero-order valence-corrected chi connectivity index (χ0v) is 16.3. The van der Waals surface area contributed by atoms with Crippen LogP contribution in [0.15, 0.2) is 36.7 Å². The van der Waals surface area contributed by atoms with Crippen LogP contribution in [0, 0.1) is 0 Å². The van der Waals surface area contributed by atoms with Gasteiger partial charge in [-0.3, -0.25) is 9.69 Å². The number of nitrogens with one attached hydrogen (secondary N) is 2. The first kappa shape index (κ1) is 19.8. The Kier molecular flexibility index (Phi) is 6.03. The molecule has 8 heteroatoms. The van der Waals surface area contributed by atoms with E-state index in [9.17, 15) is 15.0 Å². The highest BCUT2D eigenvalue weighted by Gasteiger charge is 2.27. The predicted octanol–water partition coefficient (Wildman–Crippen LogP) is 0.561. The van der Waals surface area contributed by atoms with Crippen LogP contribution in [0.2, 0.25) is 0 Å². The van der Waals surface area contributed by atoms with Crippen molar-refractivity contribution in [3.05, 3.63) is 53.5 Å². The van der Waals surface area contributed by atoms with Crippen molar-refractivity contribution >= 4 is 11.7 Å². The number of β-amino-alcohol motifs (C(OH)–C–C–N with tert-alkyl or cyclic N) is 1. The topological polar surface area (TPSA) is 111 Å². The molecule has 154 valence electrons. The number of hydrogen-bond donors (Lipinski definition) is 4. The Balaban J connectivity index is 1.24. The van der Waals surface area contributed by atoms with E-state index in [0.717, 1.165) is 19.5 Å². The van der Waals surface area contributed by atoms with Crippen LogP contribution in [-0.2, 0) is 13.0 Å². The van der Waals surface area contributed by atoms with Crippen LogP contribution < -0.4 is 10.6 Å². The second-order valence-electron chi connectivity index (χ2n) is 7.87. The molecule has 0 bridgehead atoms. The fourth-order valence-electron chi connectivity index (χ4n) is 3.85. The molecule has 1 aliphatic heterocycles. The van der Waals surface area contributed by atoms with Crippen LogP contribution in [0.1, 0.15) is 34.5 Å². The summed E-state index contributed by atoms with van der Waals surface area (Å²) in [5.74, 6) is 0.224. The minimum Gasteiger partial charge on any atom is -0.393 e. The van der Waals surface area contributed by atoms with Gasteiger partial charge in [0.1, 0.15) is 17.8 Å². The molecule has 1 amide bonds. The molecular formula is C21H27N5O3. The van der Waals surface area contributed by atoms with Crippen molar-refractivity contribution in [1.82, 2.24) is 20.2 Å². The van der Waals surface area contributed by atoms with Gasteiger partial charge in [0.25, 0.3) is 5.91 Å². The van der Waals surface area contributed by atoms with E-state index in [0.29, 0.717) is 25.2 Å². The molecule has 1 aromatic carbocycles. The van der Waals surface area contributed by atoms with Crippen LogP contribution in [0.3, 0.4) is 0 Å². The second kappa shape index (κ2) is 8.86. The summed E-state index contributed by atoms with van der Waals surface area (Å²) in [5.41, 5.74) is 2.92. The van der Waals surface area contributed by atoms with E-state index in [4.69, 9.17) is 0 Å². The number of benzene rings is 1. The smallest absolute Gasteiger partial charge is 0.270 e. The highest BCUT2D eigenvalue weighted by molar-refractivity contribution is 5.92. The van der Waals surface area contributed by atoms with Crippen LogP contribution in [-0.4, -0.2) is 68.9 Å². The molecule has 2 heterocycles. The molecule has 0 saturated heterocycles. The van der Waals surface area contributed by atoms with Gasteiger partial charge in [0.2, 0.25) is 0 Å². The Bertz CT molecular complexity index is 856. The minimum absolute atomic E-state index is 0.165. The number of amides is 1. The molecule has 1 aromatic heterocycles. The van der Waals surface area contributed by atoms with Gasteiger partial charge in [0.15, 0.2) is 0 Å². The molecule has 8 nitrogen and oxygen atoms in total. The zero-order chi connectivity index (χ0) is 20.2. The van der Waals surface area contributed by atoms with Gasteiger partial charge in [0.05, 0.1) is 12.2 Å². The molecule has 4 rings (SSSR count). The van der Waals surface area contributed by atoms with Gasteiger partial charge in [-0.25, -0.2) is 9.97 Å². The third kappa shape index (κ3) is 5.09. The molecule has 2 aromatic rings.